The maximum Gasteiger partial charge on any atom is 0.253 e. The summed E-state index contributed by atoms with van der Waals surface area (Å²) in [6.45, 7) is 3.18. The van der Waals surface area contributed by atoms with Crippen molar-refractivity contribution in [3.63, 3.8) is 0 Å². The van der Waals surface area contributed by atoms with Gasteiger partial charge in [-0.05, 0) is 30.7 Å². The number of unbranched alkanes of at least 4 members (excludes halogenated alkanes) is 1. The summed E-state index contributed by atoms with van der Waals surface area (Å²) in [5, 5.41) is 1.74. The van der Waals surface area contributed by atoms with Crippen LogP contribution in [0.25, 0.3) is 0 Å². The molecule has 0 N–H and O–H groups in total. The van der Waals surface area contributed by atoms with Crippen molar-refractivity contribution in [1.29, 1.82) is 0 Å². The summed E-state index contributed by atoms with van der Waals surface area (Å²) in [7, 11) is -1.78. The molecule has 1 fully saturated rings. The van der Waals surface area contributed by atoms with Crippen LogP contribution in [0.4, 0.5) is 0 Å². The fourth-order valence-corrected chi connectivity index (χ4v) is 5.33. The minimum absolute atomic E-state index is 0.0823. The molecule has 118 valence electrons. The number of likely N-dealkylation sites (N-methyl/N-ethyl adjacent to an activating group) is 1. The van der Waals surface area contributed by atoms with Crippen LogP contribution in [0.5, 0.6) is 0 Å². The number of sulfonamides is 1. The molecule has 2 heterocycles. The number of hydrogen-bond donors (Lipinski definition) is 0. The third-order valence-electron chi connectivity index (χ3n) is 3.77. The van der Waals surface area contributed by atoms with E-state index in [0.29, 0.717) is 23.7 Å². The Balaban J connectivity index is 2.15. The number of hydrogen-bond acceptors (Lipinski definition) is 4. The smallest absolute Gasteiger partial charge is 0.253 e. The quantitative estimate of drug-likeness (QED) is 0.803. The second kappa shape index (κ2) is 6.89. The summed E-state index contributed by atoms with van der Waals surface area (Å²) in [4.78, 5) is 14.2. The van der Waals surface area contributed by atoms with Crippen LogP contribution >= 0.6 is 11.3 Å². The summed E-state index contributed by atoms with van der Waals surface area (Å²) in [6.07, 6.45) is 3.30. The van der Waals surface area contributed by atoms with Crippen molar-refractivity contribution in [1.82, 2.24) is 9.21 Å². The normalized spacial score (nSPS) is 19.8. The number of nitrogens with zero attached hydrogens (tertiary/aromatic N) is 2. The van der Waals surface area contributed by atoms with Gasteiger partial charge in [0, 0.05) is 20.1 Å². The summed E-state index contributed by atoms with van der Waals surface area (Å²) in [6, 6.07) is 2.78. The molecule has 1 aliphatic rings. The minimum atomic E-state index is -3.54. The summed E-state index contributed by atoms with van der Waals surface area (Å²) in [5.41, 5.74) is 0. The lowest BCUT2D eigenvalue weighted by Gasteiger charge is -2.27. The van der Waals surface area contributed by atoms with E-state index in [4.69, 9.17) is 0 Å². The van der Waals surface area contributed by atoms with E-state index in [2.05, 4.69) is 6.92 Å². The van der Waals surface area contributed by atoms with Gasteiger partial charge in [0.05, 0.1) is 0 Å². The van der Waals surface area contributed by atoms with E-state index < -0.39 is 16.1 Å². The maximum absolute atomic E-state index is 12.6. The second-order valence-corrected chi connectivity index (χ2v) is 8.38. The summed E-state index contributed by atoms with van der Waals surface area (Å²) >= 11 is 1.20. The first-order valence-corrected chi connectivity index (χ1v) is 9.60. The van der Waals surface area contributed by atoms with Crippen LogP contribution in [0.1, 0.15) is 32.6 Å². The zero-order valence-corrected chi connectivity index (χ0v) is 14.1. The fraction of sp³-hybridized carbons (Fsp3) is 0.643. The first-order valence-electron chi connectivity index (χ1n) is 7.28. The molecule has 1 aromatic rings. The van der Waals surface area contributed by atoms with Crippen molar-refractivity contribution >= 4 is 27.3 Å². The highest BCUT2D eigenvalue weighted by molar-refractivity contribution is 7.91. The van der Waals surface area contributed by atoms with Gasteiger partial charge >= 0.3 is 0 Å². The van der Waals surface area contributed by atoms with Gasteiger partial charge in [-0.1, -0.05) is 19.4 Å². The Morgan fingerprint density at radius 1 is 1.52 bits per heavy atom. The first-order chi connectivity index (χ1) is 9.98. The molecule has 1 atom stereocenters. The van der Waals surface area contributed by atoms with Gasteiger partial charge in [0.2, 0.25) is 5.91 Å². The molecular weight excluding hydrogens is 308 g/mol. The van der Waals surface area contributed by atoms with Crippen LogP contribution in [0, 0.1) is 0 Å². The minimum Gasteiger partial charge on any atom is -0.344 e. The molecule has 0 radical (unpaired) electrons. The lowest BCUT2D eigenvalue weighted by Crippen LogP contribution is -2.46. The van der Waals surface area contributed by atoms with Gasteiger partial charge < -0.3 is 4.90 Å². The van der Waals surface area contributed by atoms with Gasteiger partial charge in [-0.2, -0.15) is 4.31 Å². The topological polar surface area (TPSA) is 57.7 Å². The van der Waals surface area contributed by atoms with Gasteiger partial charge in [0.15, 0.2) is 0 Å². The maximum atomic E-state index is 12.6. The lowest BCUT2D eigenvalue weighted by atomic mass is 10.2. The molecule has 0 spiro atoms. The Kier molecular flexibility index (Phi) is 5.40. The van der Waals surface area contributed by atoms with Crippen molar-refractivity contribution < 1.29 is 13.2 Å². The Labute approximate surface area is 130 Å². The molecular formula is C14H22N2O3S2. The predicted molar refractivity (Wildman–Crippen MR) is 83.8 cm³/mol. The summed E-state index contributed by atoms with van der Waals surface area (Å²) in [5.74, 6) is -0.0823. The molecule has 0 aliphatic carbocycles. The number of thiophene rings is 1. The van der Waals surface area contributed by atoms with Gasteiger partial charge in [0.25, 0.3) is 10.0 Å². The van der Waals surface area contributed by atoms with Crippen molar-refractivity contribution in [2.24, 2.45) is 0 Å². The van der Waals surface area contributed by atoms with Gasteiger partial charge in [-0.15, -0.1) is 11.3 Å². The molecule has 21 heavy (non-hydrogen) atoms. The lowest BCUT2D eigenvalue weighted by molar-refractivity contribution is -0.133. The third-order valence-corrected chi connectivity index (χ3v) is 7.05. The standard InChI is InChI=1S/C14H22N2O3S2/c1-3-4-9-15(2)14(17)12-7-5-10-16(12)21(18,19)13-8-6-11-20-13/h6,8,11-12H,3-5,7,9-10H2,1-2H3. The molecule has 1 aliphatic heterocycles. The zero-order chi connectivity index (χ0) is 15.5. The molecule has 1 saturated heterocycles. The molecule has 7 heteroatoms. The van der Waals surface area contributed by atoms with E-state index in [1.807, 2.05) is 0 Å². The van der Waals surface area contributed by atoms with E-state index >= 15 is 0 Å². The van der Waals surface area contributed by atoms with E-state index in [0.717, 1.165) is 19.3 Å². The highest BCUT2D eigenvalue weighted by Gasteiger charge is 2.40. The Morgan fingerprint density at radius 2 is 2.29 bits per heavy atom. The molecule has 5 nitrogen and oxygen atoms in total. The van der Waals surface area contributed by atoms with Crippen LogP contribution < -0.4 is 0 Å². The average Bonchev–Trinajstić information content (AvgIpc) is 3.13. The van der Waals surface area contributed by atoms with Crippen molar-refractivity contribution in [2.45, 2.75) is 42.9 Å². The molecule has 1 amide bonds. The number of carbonyl (C=O) groups is 1. The summed E-state index contributed by atoms with van der Waals surface area (Å²) < 4.78 is 26.9. The highest BCUT2D eigenvalue weighted by atomic mass is 32.2. The largest absolute Gasteiger partial charge is 0.344 e. The van der Waals surface area contributed by atoms with E-state index in [9.17, 15) is 13.2 Å². The van der Waals surface area contributed by atoms with Gasteiger partial charge in [-0.3, -0.25) is 4.79 Å². The van der Waals surface area contributed by atoms with Crippen molar-refractivity contribution in [3.8, 4) is 0 Å². The highest BCUT2D eigenvalue weighted by Crippen LogP contribution is 2.29. The van der Waals surface area contributed by atoms with Crippen LogP contribution in [0.3, 0.4) is 0 Å². The number of rotatable bonds is 6. The molecule has 0 saturated carbocycles. The average molecular weight is 330 g/mol. The molecule has 0 aromatic carbocycles. The van der Waals surface area contributed by atoms with E-state index in [1.54, 1.807) is 29.5 Å². The zero-order valence-electron chi connectivity index (χ0n) is 12.5. The molecule has 2 rings (SSSR count). The van der Waals surface area contributed by atoms with Crippen LogP contribution in [-0.2, 0) is 14.8 Å². The van der Waals surface area contributed by atoms with Gasteiger partial charge in [-0.25, -0.2) is 8.42 Å². The van der Waals surface area contributed by atoms with Crippen molar-refractivity contribution in [2.75, 3.05) is 20.1 Å². The number of carbonyl (C=O) groups excluding carboxylic acids is 1. The Morgan fingerprint density at radius 3 is 2.90 bits per heavy atom. The Bertz CT molecular complexity index is 569. The molecule has 0 bridgehead atoms. The monoisotopic (exact) mass is 330 g/mol. The number of amides is 1. The van der Waals surface area contributed by atoms with Crippen molar-refractivity contribution in [3.05, 3.63) is 17.5 Å². The second-order valence-electron chi connectivity index (χ2n) is 5.32. The molecule has 1 aromatic heterocycles. The third kappa shape index (κ3) is 3.46. The van der Waals surface area contributed by atoms with E-state index in [-0.39, 0.29) is 5.91 Å². The SMILES string of the molecule is CCCCN(C)C(=O)C1CCCN1S(=O)(=O)c1cccs1. The first kappa shape index (κ1) is 16.5. The van der Waals surface area contributed by atoms with Crippen LogP contribution in [-0.4, -0.2) is 49.7 Å². The van der Waals surface area contributed by atoms with Gasteiger partial charge in [0.1, 0.15) is 10.3 Å². The van der Waals surface area contributed by atoms with Crippen LogP contribution in [0.15, 0.2) is 21.7 Å². The van der Waals surface area contributed by atoms with Crippen LogP contribution in [0.2, 0.25) is 0 Å². The predicted octanol–water partition coefficient (Wildman–Crippen LogP) is 2.16. The molecule has 1 unspecified atom stereocenters. The Hall–Kier alpha value is -0.920. The fourth-order valence-electron chi connectivity index (χ4n) is 2.56. The van der Waals surface area contributed by atoms with E-state index in [1.165, 1.54) is 15.6 Å².